The fourth-order valence-corrected chi connectivity index (χ4v) is 1.97. The summed E-state index contributed by atoms with van der Waals surface area (Å²) in [7, 11) is 0. The molecule has 0 saturated carbocycles. The molecule has 2 aromatic rings. The highest BCUT2D eigenvalue weighted by molar-refractivity contribution is 5.47. The Morgan fingerprint density at radius 2 is 1.95 bits per heavy atom. The molecule has 0 aliphatic rings. The van der Waals surface area contributed by atoms with Crippen LogP contribution < -0.4 is 10.1 Å². The summed E-state index contributed by atoms with van der Waals surface area (Å²) in [6.45, 7) is 4.00. The summed E-state index contributed by atoms with van der Waals surface area (Å²) in [6.07, 6.45) is 1.52. The van der Waals surface area contributed by atoms with Crippen molar-refractivity contribution in [1.82, 2.24) is 0 Å². The van der Waals surface area contributed by atoms with Crippen molar-refractivity contribution >= 4 is 5.69 Å². The molecule has 22 heavy (non-hydrogen) atoms. The van der Waals surface area contributed by atoms with E-state index in [-0.39, 0.29) is 17.4 Å². The van der Waals surface area contributed by atoms with Crippen LogP contribution in [0.4, 0.5) is 5.69 Å². The first-order chi connectivity index (χ1) is 10.6. The first-order valence-electron chi connectivity index (χ1n) is 7.02. The summed E-state index contributed by atoms with van der Waals surface area (Å²) < 4.78 is 5.66. The molecule has 2 N–H and O–H groups in total. The number of hydrogen-bond donors (Lipinski definition) is 2. The average Bonchev–Trinajstić information content (AvgIpc) is 2.53. The number of rotatable bonds is 5. The Morgan fingerprint density at radius 3 is 2.59 bits per heavy atom. The fourth-order valence-electron chi connectivity index (χ4n) is 1.97. The highest BCUT2D eigenvalue weighted by atomic mass is 16.5. The molecule has 0 aliphatic carbocycles. The largest absolute Gasteiger partial charge is 0.508 e. The summed E-state index contributed by atoms with van der Waals surface area (Å²) >= 11 is 0. The Hall–Kier alpha value is -2.93. The zero-order valence-corrected chi connectivity index (χ0v) is 12.6. The zero-order chi connectivity index (χ0) is 15.9. The SMILES string of the molecule is CC(C)c1cc(O)ccc1O/C(C#N)=C/Nc1ccccc1. The molecule has 0 aromatic heterocycles. The van der Waals surface area contributed by atoms with Crippen LogP contribution in [0.5, 0.6) is 11.5 Å². The van der Waals surface area contributed by atoms with Crippen molar-refractivity contribution < 1.29 is 9.84 Å². The average molecular weight is 294 g/mol. The number of nitrogens with one attached hydrogen (secondary N) is 1. The number of hydrogen-bond acceptors (Lipinski definition) is 4. The Balaban J connectivity index is 2.19. The van der Waals surface area contributed by atoms with Gasteiger partial charge in [-0.15, -0.1) is 0 Å². The number of nitrogens with zero attached hydrogens (tertiary/aromatic N) is 1. The van der Waals surface area contributed by atoms with E-state index in [1.807, 2.05) is 50.2 Å². The number of phenolic OH excluding ortho intramolecular Hbond substituents is 1. The van der Waals surface area contributed by atoms with Gasteiger partial charge in [0, 0.05) is 11.3 Å². The van der Waals surface area contributed by atoms with Crippen molar-refractivity contribution in [2.45, 2.75) is 19.8 Å². The molecular weight excluding hydrogens is 276 g/mol. The molecule has 112 valence electrons. The van der Waals surface area contributed by atoms with Crippen molar-refractivity contribution in [3.8, 4) is 17.6 Å². The maximum absolute atomic E-state index is 9.58. The van der Waals surface area contributed by atoms with E-state index in [2.05, 4.69) is 5.32 Å². The second kappa shape index (κ2) is 7.19. The van der Waals surface area contributed by atoms with Gasteiger partial charge in [-0.25, -0.2) is 0 Å². The first-order valence-corrected chi connectivity index (χ1v) is 7.02. The molecule has 0 bridgehead atoms. The van der Waals surface area contributed by atoms with Gasteiger partial charge in [-0.2, -0.15) is 5.26 Å². The third-order valence-corrected chi connectivity index (χ3v) is 3.09. The number of nitriles is 1. The molecule has 0 heterocycles. The maximum atomic E-state index is 9.58. The van der Waals surface area contributed by atoms with Gasteiger partial charge in [-0.1, -0.05) is 32.0 Å². The second-order valence-electron chi connectivity index (χ2n) is 5.11. The van der Waals surface area contributed by atoms with Gasteiger partial charge >= 0.3 is 0 Å². The third kappa shape index (κ3) is 4.03. The minimum absolute atomic E-state index is 0.149. The number of phenols is 1. The number of para-hydroxylation sites is 1. The van der Waals surface area contributed by atoms with Crippen LogP contribution in [0.15, 0.2) is 60.5 Å². The predicted molar refractivity (Wildman–Crippen MR) is 86.6 cm³/mol. The Kier molecular flexibility index (Phi) is 5.05. The lowest BCUT2D eigenvalue weighted by Crippen LogP contribution is -2.01. The molecule has 0 radical (unpaired) electrons. The second-order valence-corrected chi connectivity index (χ2v) is 5.11. The predicted octanol–water partition coefficient (Wildman–Crippen LogP) is 4.37. The van der Waals surface area contributed by atoms with E-state index in [0.717, 1.165) is 11.3 Å². The van der Waals surface area contributed by atoms with Crippen LogP contribution in [0.3, 0.4) is 0 Å². The number of allylic oxidation sites excluding steroid dienone is 1. The van der Waals surface area contributed by atoms with Crippen LogP contribution in [-0.4, -0.2) is 5.11 Å². The molecule has 0 aliphatic heterocycles. The van der Waals surface area contributed by atoms with Crippen molar-refractivity contribution in [2.75, 3.05) is 5.32 Å². The van der Waals surface area contributed by atoms with E-state index in [4.69, 9.17) is 4.74 Å². The number of anilines is 1. The lowest BCUT2D eigenvalue weighted by molar-refractivity contribution is 0.433. The molecule has 0 amide bonds. The van der Waals surface area contributed by atoms with E-state index in [1.54, 1.807) is 18.2 Å². The molecule has 2 rings (SSSR count). The van der Waals surface area contributed by atoms with E-state index in [0.29, 0.717) is 5.75 Å². The minimum atomic E-state index is 0.149. The van der Waals surface area contributed by atoms with Gasteiger partial charge in [0.25, 0.3) is 0 Å². The van der Waals surface area contributed by atoms with Gasteiger partial charge in [-0.3, -0.25) is 0 Å². The Bertz CT molecular complexity index is 701. The highest BCUT2D eigenvalue weighted by Gasteiger charge is 2.11. The lowest BCUT2D eigenvalue weighted by Gasteiger charge is -2.13. The van der Waals surface area contributed by atoms with Crippen molar-refractivity contribution in [3.05, 3.63) is 66.1 Å². The van der Waals surface area contributed by atoms with Gasteiger partial charge < -0.3 is 15.2 Å². The Labute approximate surface area is 130 Å². The molecule has 4 heteroatoms. The van der Waals surface area contributed by atoms with Crippen molar-refractivity contribution in [3.63, 3.8) is 0 Å². The fraction of sp³-hybridized carbons (Fsp3) is 0.167. The molecule has 0 unspecified atom stereocenters. The summed E-state index contributed by atoms with van der Waals surface area (Å²) in [6, 6.07) is 16.4. The monoisotopic (exact) mass is 294 g/mol. The summed E-state index contributed by atoms with van der Waals surface area (Å²) in [4.78, 5) is 0. The third-order valence-electron chi connectivity index (χ3n) is 3.09. The van der Waals surface area contributed by atoms with E-state index in [1.165, 1.54) is 6.20 Å². The van der Waals surface area contributed by atoms with Crippen LogP contribution in [0.1, 0.15) is 25.3 Å². The van der Waals surface area contributed by atoms with E-state index in [9.17, 15) is 10.4 Å². The van der Waals surface area contributed by atoms with Gasteiger partial charge in [0.05, 0.1) is 6.20 Å². The lowest BCUT2D eigenvalue weighted by atomic mass is 10.0. The van der Waals surface area contributed by atoms with E-state index < -0.39 is 0 Å². The van der Waals surface area contributed by atoms with Gasteiger partial charge in [0.1, 0.15) is 17.6 Å². The zero-order valence-electron chi connectivity index (χ0n) is 12.6. The molecule has 4 nitrogen and oxygen atoms in total. The summed E-state index contributed by atoms with van der Waals surface area (Å²) in [5.41, 5.74) is 1.72. The first kappa shape index (κ1) is 15.5. The summed E-state index contributed by atoms with van der Waals surface area (Å²) in [5, 5.41) is 21.8. The van der Waals surface area contributed by atoms with Crippen LogP contribution in [0.25, 0.3) is 0 Å². The van der Waals surface area contributed by atoms with Crippen LogP contribution in [0, 0.1) is 11.3 Å². The van der Waals surface area contributed by atoms with Crippen LogP contribution >= 0.6 is 0 Å². The Morgan fingerprint density at radius 1 is 1.23 bits per heavy atom. The molecule has 0 atom stereocenters. The molecule has 0 fully saturated rings. The molecule has 0 spiro atoms. The molecule has 2 aromatic carbocycles. The molecular formula is C18H18N2O2. The van der Waals surface area contributed by atoms with Crippen molar-refractivity contribution in [1.29, 1.82) is 5.26 Å². The van der Waals surface area contributed by atoms with Crippen molar-refractivity contribution in [2.24, 2.45) is 0 Å². The quantitative estimate of drug-likeness (QED) is 0.634. The number of benzene rings is 2. The topological polar surface area (TPSA) is 65.3 Å². The van der Waals surface area contributed by atoms with Crippen LogP contribution in [0.2, 0.25) is 0 Å². The van der Waals surface area contributed by atoms with Gasteiger partial charge in [0.15, 0.2) is 0 Å². The maximum Gasteiger partial charge on any atom is 0.219 e. The van der Waals surface area contributed by atoms with Gasteiger partial charge in [0.2, 0.25) is 5.76 Å². The molecule has 0 saturated heterocycles. The van der Waals surface area contributed by atoms with Gasteiger partial charge in [-0.05, 0) is 36.2 Å². The highest BCUT2D eigenvalue weighted by Crippen LogP contribution is 2.31. The normalized spacial score (nSPS) is 11.1. The standard InChI is InChI=1S/C18H18N2O2/c1-13(2)17-10-15(21)8-9-18(17)22-16(11-19)12-20-14-6-4-3-5-7-14/h3-10,12-13,20-21H,1-2H3/b16-12+. The number of aromatic hydroxyl groups is 1. The smallest absolute Gasteiger partial charge is 0.219 e. The van der Waals surface area contributed by atoms with E-state index >= 15 is 0 Å². The summed E-state index contributed by atoms with van der Waals surface area (Å²) in [5.74, 6) is 1.07. The van der Waals surface area contributed by atoms with Crippen LogP contribution in [-0.2, 0) is 0 Å². The minimum Gasteiger partial charge on any atom is -0.508 e. The number of ether oxygens (including phenoxy) is 1.